The third-order valence-electron chi connectivity index (χ3n) is 4.30. The van der Waals surface area contributed by atoms with Gasteiger partial charge in [-0.3, -0.25) is 4.79 Å². The lowest BCUT2D eigenvalue weighted by molar-refractivity contribution is -0.135. The molecule has 0 radical (unpaired) electrons. The Hall–Kier alpha value is -0.750. The summed E-state index contributed by atoms with van der Waals surface area (Å²) in [5, 5.41) is 5.62. The third-order valence-corrected chi connectivity index (χ3v) is 4.30. The minimum absolute atomic E-state index is 0.231. The van der Waals surface area contributed by atoms with Crippen molar-refractivity contribution in [3.63, 3.8) is 0 Å². The molecule has 0 spiro atoms. The zero-order chi connectivity index (χ0) is 13.2. The summed E-state index contributed by atoms with van der Waals surface area (Å²) in [6.45, 7) is 0.0388. The molecular formula is C12H21F2N3O. The van der Waals surface area contributed by atoms with E-state index in [2.05, 4.69) is 10.6 Å². The fraction of sp³-hybridized carbons (Fsp3) is 0.917. The molecule has 0 unspecified atom stereocenters. The first kappa shape index (κ1) is 13.7. The second-order valence-electron chi connectivity index (χ2n) is 5.47. The Balaban J connectivity index is 1.99. The number of hydrogen-bond donors (Lipinski definition) is 3. The Bertz CT molecular complexity index is 324. The van der Waals surface area contributed by atoms with Crippen molar-refractivity contribution >= 4 is 5.91 Å². The number of nitrogens with two attached hydrogens (primary N) is 1. The number of carbonyl (C=O) groups excluding carboxylic acids is 1. The van der Waals surface area contributed by atoms with Gasteiger partial charge in [-0.1, -0.05) is 12.8 Å². The van der Waals surface area contributed by atoms with Crippen molar-refractivity contribution in [3.8, 4) is 0 Å². The summed E-state index contributed by atoms with van der Waals surface area (Å²) in [6, 6.07) is 0. The van der Waals surface area contributed by atoms with Crippen LogP contribution in [0.4, 0.5) is 8.78 Å². The number of fused-ring (bicyclic) bond motifs is 1. The summed E-state index contributed by atoms with van der Waals surface area (Å²) in [4.78, 5) is 12.2. The Morgan fingerprint density at radius 2 is 2.28 bits per heavy atom. The smallest absolute Gasteiger partial charge is 0.277 e. The van der Waals surface area contributed by atoms with Gasteiger partial charge < -0.3 is 16.4 Å². The van der Waals surface area contributed by atoms with Gasteiger partial charge in [-0.15, -0.1) is 0 Å². The van der Waals surface area contributed by atoms with Crippen LogP contribution in [0, 0.1) is 11.3 Å². The van der Waals surface area contributed by atoms with Crippen molar-refractivity contribution in [2.24, 2.45) is 17.1 Å². The van der Waals surface area contributed by atoms with Gasteiger partial charge in [-0.25, -0.2) is 8.78 Å². The minimum Gasteiger partial charge on any atom is -0.349 e. The van der Waals surface area contributed by atoms with Crippen molar-refractivity contribution in [2.45, 2.75) is 31.6 Å². The standard InChI is InChI=1S/C12H21F2N3O/c13-12(14,6-15)8-17-10(18)11-4-2-1-3-9(11)5-16-7-11/h9,16H,1-8,15H2,(H,17,18)/t9-,11+/m0/s1. The third kappa shape index (κ3) is 2.49. The van der Waals surface area contributed by atoms with Crippen LogP contribution >= 0.6 is 0 Å². The summed E-state index contributed by atoms with van der Waals surface area (Å²) in [7, 11) is 0. The highest BCUT2D eigenvalue weighted by Gasteiger charge is 2.50. The number of alkyl halides is 2. The second-order valence-corrected chi connectivity index (χ2v) is 5.47. The molecule has 0 aromatic rings. The predicted molar refractivity (Wildman–Crippen MR) is 64.3 cm³/mol. The van der Waals surface area contributed by atoms with E-state index >= 15 is 0 Å². The van der Waals surface area contributed by atoms with Gasteiger partial charge in [-0.05, 0) is 25.3 Å². The summed E-state index contributed by atoms with van der Waals surface area (Å²) in [5.41, 5.74) is 4.49. The lowest BCUT2D eigenvalue weighted by Gasteiger charge is -2.37. The number of halogens is 2. The molecule has 1 saturated carbocycles. The minimum atomic E-state index is -3.01. The molecule has 1 saturated heterocycles. The van der Waals surface area contributed by atoms with Crippen LogP contribution < -0.4 is 16.4 Å². The Labute approximate surface area is 106 Å². The first-order chi connectivity index (χ1) is 8.50. The van der Waals surface area contributed by atoms with E-state index in [-0.39, 0.29) is 11.8 Å². The number of hydrogen-bond acceptors (Lipinski definition) is 3. The molecule has 6 heteroatoms. The normalized spacial score (nSPS) is 32.1. The van der Waals surface area contributed by atoms with E-state index < -0.39 is 24.4 Å². The molecule has 1 heterocycles. The van der Waals surface area contributed by atoms with Gasteiger partial charge in [0.05, 0.1) is 18.5 Å². The SMILES string of the molecule is NCC(F)(F)CNC(=O)[C@@]12CCCC[C@H]1CNC2. The average molecular weight is 261 g/mol. The Morgan fingerprint density at radius 3 is 3.00 bits per heavy atom. The van der Waals surface area contributed by atoms with Gasteiger partial charge >= 0.3 is 0 Å². The van der Waals surface area contributed by atoms with E-state index in [9.17, 15) is 13.6 Å². The van der Waals surface area contributed by atoms with Crippen LogP contribution in [-0.4, -0.2) is 38.0 Å². The van der Waals surface area contributed by atoms with Crippen molar-refractivity contribution in [3.05, 3.63) is 0 Å². The van der Waals surface area contributed by atoms with E-state index in [4.69, 9.17) is 5.73 Å². The van der Waals surface area contributed by atoms with E-state index in [1.54, 1.807) is 0 Å². The molecule has 4 nitrogen and oxygen atoms in total. The van der Waals surface area contributed by atoms with Crippen molar-refractivity contribution < 1.29 is 13.6 Å². The fourth-order valence-corrected chi connectivity index (χ4v) is 3.15. The summed E-state index contributed by atoms with van der Waals surface area (Å²) >= 11 is 0. The number of carbonyl (C=O) groups is 1. The van der Waals surface area contributed by atoms with Crippen LogP contribution in [0.15, 0.2) is 0 Å². The highest BCUT2D eigenvalue weighted by atomic mass is 19.3. The zero-order valence-corrected chi connectivity index (χ0v) is 10.5. The van der Waals surface area contributed by atoms with Gasteiger partial charge in [0.2, 0.25) is 5.91 Å². The maximum Gasteiger partial charge on any atom is 0.277 e. The molecule has 1 aliphatic heterocycles. The summed E-state index contributed by atoms with van der Waals surface area (Å²) in [6.07, 6.45) is 3.93. The lowest BCUT2D eigenvalue weighted by atomic mass is 9.67. The van der Waals surface area contributed by atoms with Crippen LogP contribution in [0.2, 0.25) is 0 Å². The summed E-state index contributed by atoms with van der Waals surface area (Å²) < 4.78 is 26.1. The highest BCUT2D eigenvalue weighted by Crippen LogP contribution is 2.43. The Kier molecular flexibility index (Phi) is 3.87. The fourth-order valence-electron chi connectivity index (χ4n) is 3.15. The largest absolute Gasteiger partial charge is 0.349 e. The van der Waals surface area contributed by atoms with E-state index in [1.165, 1.54) is 0 Å². The van der Waals surface area contributed by atoms with Crippen LogP contribution in [0.1, 0.15) is 25.7 Å². The lowest BCUT2D eigenvalue weighted by Crippen LogP contribution is -2.51. The Morgan fingerprint density at radius 1 is 1.50 bits per heavy atom. The number of rotatable bonds is 4. The second kappa shape index (κ2) is 5.09. The molecule has 2 aliphatic rings. The quantitative estimate of drug-likeness (QED) is 0.689. The van der Waals surface area contributed by atoms with Gasteiger partial charge in [0, 0.05) is 6.54 Å². The van der Waals surface area contributed by atoms with Crippen LogP contribution in [0.5, 0.6) is 0 Å². The first-order valence-electron chi connectivity index (χ1n) is 6.57. The van der Waals surface area contributed by atoms with E-state index in [0.29, 0.717) is 6.54 Å². The molecule has 18 heavy (non-hydrogen) atoms. The predicted octanol–water partition coefficient (Wildman–Crippen LogP) is 0.476. The van der Waals surface area contributed by atoms with Gasteiger partial charge in [0.25, 0.3) is 5.92 Å². The number of nitrogens with one attached hydrogen (secondary N) is 2. The molecule has 0 aromatic heterocycles. The highest BCUT2D eigenvalue weighted by molar-refractivity contribution is 5.84. The van der Waals surface area contributed by atoms with Crippen molar-refractivity contribution in [2.75, 3.05) is 26.2 Å². The van der Waals surface area contributed by atoms with Crippen molar-refractivity contribution in [1.29, 1.82) is 0 Å². The van der Waals surface area contributed by atoms with Crippen LogP contribution in [0.25, 0.3) is 0 Å². The topological polar surface area (TPSA) is 67.1 Å². The van der Waals surface area contributed by atoms with Crippen LogP contribution in [-0.2, 0) is 4.79 Å². The average Bonchev–Trinajstić information content (AvgIpc) is 2.81. The van der Waals surface area contributed by atoms with Gasteiger partial charge in [0.1, 0.15) is 0 Å². The van der Waals surface area contributed by atoms with Crippen LogP contribution in [0.3, 0.4) is 0 Å². The van der Waals surface area contributed by atoms with E-state index in [1.807, 2.05) is 0 Å². The molecule has 2 rings (SSSR count). The molecule has 1 aliphatic carbocycles. The monoisotopic (exact) mass is 261 g/mol. The summed E-state index contributed by atoms with van der Waals surface area (Å²) in [5.74, 6) is -2.95. The molecule has 0 bridgehead atoms. The zero-order valence-electron chi connectivity index (χ0n) is 10.5. The number of amides is 1. The molecule has 2 fully saturated rings. The molecule has 104 valence electrons. The maximum atomic E-state index is 13.1. The molecule has 2 atom stereocenters. The molecule has 4 N–H and O–H groups in total. The maximum absolute atomic E-state index is 13.1. The van der Waals surface area contributed by atoms with Gasteiger partial charge in [0.15, 0.2) is 0 Å². The van der Waals surface area contributed by atoms with Gasteiger partial charge in [-0.2, -0.15) is 0 Å². The molecular weight excluding hydrogens is 240 g/mol. The first-order valence-corrected chi connectivity index (χ1v) is 6.57. The van der Waals surface area contributed by atoms with E-state index in [0.717, 1.165) is 32.2 Å². The van der Waals surface area contributed by atoms with Crippen molar-refractivity contribution in [1.82, 2.24) is 10.6 Å². The molecule has 1 amide bonds. The molecule has 0 aromatic carbocycles.